The minimum Gasteiger partial charge on any atom is -0.386 e. The molecule has 5 nitrogen and oxygen atoms in total. The zero-order valence-corrected chi connectivity index (χ0v) is 10.1. The number of aliphatic hydroxyl groups excluding tert-OH is 1. The van der Waals surface area contributed by atoms with Gasteiger partial charge < -0.3 is 5.11 Å². The molecule has 0 fully saturated rings. The predicted molar refractivity (Wildman–Crippen MR) is 64.9 cm³/mol. The van der Waals surface area contributed by atoms with Gasteiger partial charge in [0, 0.05) is 37.4 Å². The highest BCUT2D eigenvalue weighted by Gasteiger charge is 2.14. The molecule has 1 unspecified atom stereocenters. The van der Waals surface area contributed by atoms with Gasteiger partial charge in [-0.25, -0.2) is 4.98 Å². The molecule has 88 valence electrons. The van der Waals surface area contributed by atoms with E-state index >= 15 is 0 Å². The molecule has 0 saturated carbocycles. The number of thiazole rings is 1. The van der Waals surface area contributed by atoms with Crippen LogP contribution in [-0.4, -0.2) is 24.3 Å². The first kappa shape index (κ1) is 10.5. The Hall–Kier alpha value is -1.66. The van der Waals surface area contributed by atoms with Crippen LogP contribution >= 0.6 is 11.3 Å². The Kier molecular flexibility index (Phi) is 2.45. The number of aliphatic hydroxyl groups is 1. The van der Waals surface area contributed by atoms with Crippen LogP contribution in [0, 0.1) is 0 Å². The fraction of sp³-hybridized carbons (Fsp3) is 0.273. The van der Waals surface area contributed by atoms with E-state index in [-0.39, 0.29) is 0 Å². The van der Waals surface area contributed by atoms with E-state index in [1.165, 1.54) is 0 Å². The van der Waals surface area contributed by atoms with Gasteiger partial charge in [0.1, 0.15) is 6.10 Å². The summed E-state index contributed by atoms with van der Waals surface area (Å²) in [6, 6.07) is 1.82. The second-order valence-corrected chi connectivity index (χ2v) is 4.80. The van der Waals surface area contributed by atoms with Gasteiger partial charge >= 0.3 is 0 Å². The van der Waals surface area contributed by atoms with Crippen LogP contribution in [0.4, 0.5) is 0 Å². The first-order valence-corrected chi connectivity index (χ1v) is 6.19. The van der Waals surface area contributed by atoms with Crippen molar-refractivity contribution in [1.29, 1.82) is 0 Å². The van der Waals surface area contributed by atoms with Gasteiger partial charge in [0.05, 0.1) is 11.4 Å². The molecule has 3 aromatic heterocycles. The van der Waals surface area contributed by atoms with Gasteiger partial charge in [-0.1, -0.05) is 0 Å². The number of rotatable bonds is 3. The van der Waals surface area contributed by atoms with Crippen molar-refractivity contribution >= 4 is 16.3 Å². The van der Waals surface area contributed by atoms with Crippen LogP contribution in [0.1, 0.15) is 17.5 Å². The Bertz CT molecular complexity index is 610. The Morgan fingerprint density at radius 1 is 1.53 bits per heavy atom. The number of aryl methyl sites for hydroxylation is 1. The highest BCUT2D eigenvalue weighted by molar-refractivity contribution is 7.15. The molecule has 0 aromatic carbocycles. The maximum atomic E-state index is 10.1. The van der Waals surface area contributed by atoms with Crippen molar-refractivity contribution in [2.75, 3.05) is 0 Å². The van der Waals surface area contributed by atoms with Crippen molar-refractivity contribution in [3.63, 3.8) is 0 Å². The maximum absolute atomic E-state index is 10.1. The summed E-state index contributed by atoms with van der Waals surface area (Å²) >= 11 is 1.59. The van der Waals surface area contributed by atoms with Gasteiger partial charge in [-0.3, -0.25) is 9.08 Å². The molecule has 3 aromatic rings. The molecule has 1 N–H and O–H groups in total. The molecule has 6 heteroatoms. The number of hydrogen-bond acceptors (Lipinski definition) is 4. The molecule has 0 amide bonds. The van der Waals surface area contributed by atoms with Gasteiger partial charge in [-0.2, -0.15) is 5.10 Å². The Balaban J connectivity index is 1.83. The highest BCUT2D eigenvalue weighted by atomic mass is 32.1. The Labute approximate surface area is 102 Å². The molecule has 0 aliphatic rings. The standard InChI is InChI=1S/C11H12N4OS/c1-14-9(2-3-12-14)10(16)6-8-7-15-4-5-17-11(15)13-8/h2-5,7,10,16H,6H2,1H3. The van der Waals surface area contributed by atoms with Crippen molar-refractivity contribution in [3.8, 4) is 0 Å². The van der Waals surface area contributed by atoms with E-state index < -0.39 is 6.10 Å². The van der Waals surface area contributed by atoms with Crippen LogP contribution in [0.25, 0.3) is 4.96 Å². The van der Waals surface area contributed by atoms with E-state index in [1.807, 2.05) is 35.3 Å². The number of hydrogen-bond donors (Lipinski definition) is 1. The van der Waals surface area contributed by atoms with Crippen molar-refractivity contribution in [2.45, 2.75) is 12.5 Å². The molecule has 1 atom stereocenters. The molecule has 0 aliphatic carbocycles. The van der Waals surface area contributed by atoms with Crippen molar-refractivity contribution in [1.82, 2.24) is 19.2 Å². The third-order valence-electron chi connectivity index (χ3n) is 2.75. The molecule has 0 spiro atoms. The monoisotopic (exact) mass is 248 g/mol. The third-order valence-corrected chi connectivity index (χ3v) is 3.52. The fourth-order valence-electron chi connectivity index (χ4n) is 1.89. The summed E-state index contributed by atoms with van der Waals surface area (Å²) in [6.07, 6.45) is 5.54. The van der Waals surface area contributed by atoms with Crippen LogP contribution in [0.2, 0.25) is 0 Å². The van der Waals surface area contributed by atoms with Gasteiger partial charge in [0.25, 0.3) is 0 Å². The summed E-state index contributed by atoms with van der Waals surface area (Å²) in [5.74, 6) is 0. The second kappa shape index (κ2) is 3.97. The van der Waals surface area contributed by atoms with E-state index in [9.17, 15) is 5.11 Å². The Morgan fingerprint density at radius 2 is 2.41 bits per heavy atom. The smallest absolute Gasteiger partial charge is 0.193 e. The van der Waals surface area contributed by atoms with Gasteiger partial charge in [0.15, 0.2) is 4.96 Å². The first-order valence-electron chi connectivity index (χ1n) is 5.31. The zero-order chi connectivity index (χ0) is 11.8. The molecular weight excluding hydrogens is 236 g/mol. The lowest BCUT2D eigenvalue weighted by atomic mass is 10.1. The molecular formula is C11H12N4OS. The van der Waals surface area contributed by atoms with Crippen LogP contribution in [0.5, 0.6) is 0 Å². The molecule has 0 bridgehead atoms. The summed E-state index contributed by atoms with van der Waals surface area (Å²) in [5.41, 5.74) is 1.70. The quantitative estimate of drug-likeness (QED) is 0.762. The van der Waals surface area contributed by atoms with Crippen molar-refractivity contribution in [3.05, 3.63) is 41.4 Å². The topological polar surface area (TPSA) is 55.3 Å². The van der Waals surface area contributed by atoms with Crippen molar-refractivity contribution in [2.24, 2.45) is 7.05 Å². The number of fused-ring (bicyclic) bond motifs is 1. The lowest BCUT2D eigenvalue weighted by molar-refractivity contribution is 0.167. The van der Waals surface area contributed by atoms with E-state index in [1.54, 1.807) is 22.2 Å². The third kappa shape index (κ3) is 1.85. The molecule has 3 heterocycles. The minimum atomic E-state index is -0.563. The fourth-order valence-corrected chi connectivity index (χ4v) is 2.61. The minimum absolute atomic E-state index is 0.508. The van der Waals surface area contributed by atoms with E-state index in [2.05, 4.69) is 10.1 Å². The van der Waals surface area contributed by atoms with Crippen LogP contribution < -0.4 is 0 Å². The first-order chi connectivity index (χ1) is 8.24. The van der Waals surface area contributed by atoms with Crippen LogP contribution in [0.15, 0.2) is 30.0 Å². The van der Waals surface area contributed by atoms with Gasteiger partial charge in [-0.05, 0) is 6.07 Å². The summed E-state index contributed by atoms with van der Waals surface area (Å²) < 4.78 is 3.65. The summed E-state index contributed by atoms with van der Waals surface area (Å²) in [7, 11) is 1.82. The van der Waals surface area contributed by atoms with Crippen molar-refractivity contribution < 1.29 is 5.11 Å². The molecule has 0 radical (unpaired) electrons. The molecule has 3 rings (SSSR count). The maximum Gasteiger partial charge on any atom is 0.193 e. The largest absolute Gasteiger partial charge is 0.386 e. The van der Waals surface area contributed by atoms with Gasteiger partial charge in [0.2, 0.25) is 0 Å². The van der Waals surface area contributed by atoms with E-state index in [4.69, 9.17) is 0 Å². The summed E-state index contributed by atoms with van der Waals surface area (Å²) in [5, 5.41) is 16.1. The molecule has 0 aliphatic heterocycles. The lowest BCUT2D eigenvalue weighted by Crippen LogP contribution is -2.08. The Morgan fingerprint density at radius 3 is 3.12 bits per heavy atom. The average Bonchev–Trinajstić information content (AvgIpc) is 2.92. The second-order valence-electron chi connectivity index (χ2n) is 3.92. The number of aromatic nitrogens is 4. The number of imidazole rings is 1. The van der Waals surface area contributed by atoms with Gasteiger partial charge in [-0.15, -0.1) is 11.3 Å². The normalized spacial score (nSPS) is 13.3. The zero-order valence-electron chi connectivity index (χ0n) is 9.32. The highest BCUT2D eigenvalue weighted by Crippen LogP contribution is 2.18. The van der Waals surface area contributed by atoms with Crippen LogP contribution in [-0.2, 0) is 13.5 Å². The number of nitrogens with zero attached hydrogens (tertiary/aromatic N) is 4. The summed E-state index contributed by atoms with van der Waals surface area (Å²) in [4.78, 5) is 5.40. The van der Waals surface area contributed by atoms with E-state index in [0.29, 0.717) is 6.42 Å². The van der Waals surface area contributed by atoms with E-state index in [0.717, 1.165) is 16.3 Å². The lowest BCUT2D eigenvalue weighted by Gasteiger charge is -2.08. The van der Waals surface area contributed by atoms with Crippen LogP contribution in [0.3, 0.4) is 0 Å². The SMILES string of the molecule is Cn1nccc1C(O)Cc1cn2ccsc2n1. The molecule has 0 saturated heterocycles. The predicted octanol–water partition coefficient (Wildman–Crippen LogP) is 1.41. The molecule has 17 heavy (non-hydrogen) atoms. The average molecular weight is 248 g/mol. The summed E-state index contributed by atoms with van der Waals surface area (Å²) in [6.45, 7) is 0.